The van der Waals surface area contributed by atoms with Crippen molar-refractivity contribution in [1.82, 2.24) is 20.2 Å². The molecular formula is C12H20N4. The molecule has 1 saturated heterocycles. The fourth-order valence-electron chi connectivity index (χ4n) is 2.21. The van der Waals surface area contributed by atoms with Gasteiger partial charge in [-0.2, -0.15) is 0 Å². The topological polar surface area (TPSA) is 41.0 Å². The second kappa shape index (κ2) is 5.37. The summed E-state index contributed by atoms with van der Waals surface area (Å²) in [4.78, 5) is 11.1. The quantitative estimate of drug-likeness (QED) is 0.824. The van der Waals surface area contributed by atoms with E-state index in [-0.39, 0.29) is 0 Å². The van der Waals surface area contributed by atoms with Gasteiger partial charge in [0.25, 0.3) is 0 Å². The summed E-state index contributed by atoms with van der Waals surface area (Å²) >= 11 is 0. The lowest BCUT2D eigenvalue weighted by Gasteiger charge is -2.35. The van der Waals surface area contributed by atoms with Crippen molar-refractivity contribution in [2.75, 3.05) is 19.6 Å². The van der Waals surface area contributed by atoms with Gasteiger partial charge in [-0.05, 0) is 19.4 Å². The van der Waals surface area contributed by atoms with Crippen LogP contribution in [0.3, 0.4) is 0 Å². The number of aromatic nitrogens is 2. The second-order valence-corrected chi connectivity index (χ2v) is 4.33. The first-order chi connectivity index (χ1) is 7.79. The van der Waals surface area contributed by atoms with E-state index in [4.69, 9.17) is 0 Å². The first-order valence-electron chi connectivity index (χ1n) is 6.03. The average molecular weight is 220 g/mol. The fraction of sp³-hybridized carbons (Fsp3) is 0.667. The molecule has 2 heterocycles. The van der Waals surface area contributed by atoms with Gasteiger partial charge in [0.15, 0.2) is 0 Å². The molecule has 1 aliphatic rings. The maximum atomic E-state index is 4.46. The van der Waals surface area contributed by atoms with E-state index in [1.54, 1.807) is 0 Å². The maximum Gasteiger partial charge on any atom is 0.125 e. The molecule has 4 heteroatoms. The third-order valence-electron chi connectivity index (χ3n) is 3.14. The van der Waals surface area contributed by atoms with Gasteiger partial charge in [-0.1, -0.05) is 6.92 Å². The molecule has 0 aliphatic carbocycles. The smallest absolute Gasteiger partial charge is 0.125 e. The van der Waals surface area contributed by atoms with Crippen molar-refractivity contribution in [2.45, 2.75) is 32.9 Å². The van der Waals surface area contributed by atoms with Crippen LogP contribution in [0, 0.1) is 6.92 Å². The average Bonchev–Trinajstić information content (AvgIpc) is 2.30. The number of aryl methyl sites for hydroxylation is 1. The van der Waals surface area contributed by atoms with E-state index in [2.05, 4.69) is 27.1 Å². The van der Waals surface area contributed by atoms with Crippen LogP contribution in [0.2, 0.25) is 0 Å². The highest BCUT2D eigenvalue weighted by Gasteiger charge is 2.20. The molecule has 0 amide bonds. The van der Waals surface area contributed by atoms with Crippen LogP contribution >= 0.6 is 0 Å². The van der Waals surface area contributed by atoms with Gasteiger partial charge < -0.3 is 5.32 Å². The van der Waals surface area contributed by atoms with Crippen molar-refractivity contribution < 1.29 is 0 Å². The molecule has 4 nitrogen and oxygen atoms in total. The summed E-state index contributed by atoms with van der Waals surface area (Å²) < 4.78 is 0. The van der Waals surface area contributed by atoms with Crippen LogP contribution in [-0.4, -0.2) is 40.5 Å². The van der Waals surface area contributed by atoms with E-state index in [0.29, 0.717) is 6.04 Å². The molecule has 2 rings (SSSR count). The van der Waals surface area contributed by atoms with E-state index < -0.39 is 0 Å². The Hall–Kier alpha value is -1.00. The van der Waals surface area contributed by atoms with Crippen LogP contribution in [0.5, 0.6) is 0 Å². The number of piperazine rings is 1. The van der Waals surface area contributed by atoms with Gasteiger partial charge in [-0.15, -0.1) is 0 Å². The Bertz CT molecular complexity index is 340. The monoisotopic (exact) mass is 220 g/mol. The van der Waals surface area contributed by atoms with Gasteiger partial charge in [0.1, 0.15) is 5.82 Å². The van der Waals surface area contributed by atoms with Crippen LogP contribution in [0.1, 0.15) is 24.9 Å². The molecule has 1 aromatic heterocycles. The zero-order valence-electron chi connectivity index (χ0n) is 10.1. The lowest BCUT2D eigenvalue weighted by Crippen LogP contribution is -2.50. The number of hydrogen-bond acceptors (Lipinski definition) is 4. The molecule has 1 aromatic rings. The summed E-state index contributed by atoms with van der Waals surface area (Å²) in [5.74, 6) is 0.862. The van der Waals surface area contributed by atoms with Crippen LogP contribution in [0.25, 0.3) is 0 Å². The van der Waals surface area contributed by atoms with Gasteiger partial charge in [0.2, 0.25) is 0 Å². The predicted molar refractivity (Wildman–Crippen MR) is 64.1 cm³/mol. The van der Waals surface area contributed by atoms with Crippen molar-refractivity contribution in [3.63, 3.8) is 0 Å². The van der Waals surface area contributed by atoms with Gasteiger partial charge in [0, 0.05) is 38.4 Å². The zero-order valence-corrected chi connectivity index (χ0v) is 10.1. The van der Waals surface area contributed by atoms with Crippen molar-refractivity contribution in [3.8, 4) is 0 Å². The summed E-state index contributed by atoms with van der Waals surface area (Å²) in [7, 11) is 0. The Kier molecular flexibility index (Phi) is 3.85. The van der Waals surface area contributed by atoms with Crippen molar-refractivity contribution in [1.29, 1.82) is 0 Å². The maximum absolute atomic E-state index is 4.46. The summed E-state index contributed by atoms with van der Waals surface area (Å²) in [6.45, 7) is 8.43. The van der Waals surface area contributed by atoms with E-state index in [9.17, 15) is 0 Å². The van der Waals surface area contributed by atoms with Crippen LogP contribution < -0.4 is 5.32 Å². The van der Waals surface area contributed by atoms with Crippen LogP contribution in [0.4, 0.5) is 0 Å². The third kappa shape index (κ3) is 2.77. The molecule has 0 radical (unpaired) electrons. The second-order valence-electron chi connectivity index (χ2n) is 4.33. The zero-order chi connectivity index (χ0) is 11.4. The molecule has 16 heavy (non-hydrogen) atoms. The Morgan fingerprint density at radius 1 is 1.56 bits per heavy atom. The highest BCUT2D eigenvalue weighted by Crippen LogP contribution is 2.10. The normalized spacial score (nSPS) is 22.2. The lowest BCUT2D eigenvalue weighted by atomic mass is 10.1. The van der Waals surface area contributed by atoms with Crippen LogP contribution in [-0.2, 0) is 6.54 Å². The Labute approximate surface area is 97.1 Å². The molecule has 0 aromatic carbocycles. The molecule has 1 unspecified atom stereocenters. The Morgan fingerprint density at radius 3 is 3.19 bits per heavy atom. The molecule has 1 aliphatic heterocycles. The van der Waals surface area contributed by atoms with E-state index in [1.165, 1.54) is 6.42 Å². The molecular weight excluding hydrogens is 200 g/mol. The number of nitrogens with zero attached hydrogens (tertiary/aromatic N) is 3. The predicted octanol–water partition coefficient (Wildman–Crippen LogP) is 0.969. The highest BCUT2D eigenvalue weighted by atomic mass is 15.2. The van der Waals surface area contributed by atoms with Crippen molar-refractivity contribution >= 4 is 0 Å². The first-order valence-corrected chi connectivity index (χ1v) is 6.03. The summed E-state index contributed by atoms with van der Waals surface area (Å²) in [6.07, 6.45) is 3.04. The van der Waals surface area contributed by atoms with Gasteiger partial charge in [-0.25, -0.2) is 9.97 Å². The standard InChI is InChI=1S/C12H20N4/c1-3-12-8-13-6-7-16(12)9-11-4-5-14-10(2)15-11/h4-5,12-13H,3,6-9H2,1-2H3. The van der Waals surface area contributed by atoms with Crippen molar-refractivity contribution in [2.24, 2.45) is 0 Å². The number of hydrogen-bond donors (Lipinski definition) is 1. The fourth-order valence-corrected chi connectivity index (χ4v) is 2.21. The minimum Gasteiger partial charge on any atom is -0.314 e. The number of nitrogens with one attached hydrogen (secondary N) is 1. The third-order valence-corrected chi connectivity index (χ3v) is 3.14. The highest BCUT2D eigenvalue weighted by molar-refractivity contribution is 5.02. The Morgan fingerprint density at radius 2 is 2.44 bits per heavy atom. The van der Waals surface area contributed by atoms with E-state index in [0.717, 1.165) is 37.7 Å². The summed E-state index contributed by atoms with van der Waals surface area (Å²) in [5, 5.41) is 3.44. The van der Waals surface area contributed by atoms with E-state index in [1.807, 2.05) is 19.2 Å². The summed E-state index contributed by atoms with van der Waals surface area (Å²) in [6, 6.07) is 2.66. The molecule has 1 atom stereocenters. The molecule has 88 valence electrons. The minimum atomic E-state index is 0.643. The largest absolute Gasteiger partial charge is 0.314 e. The minimum absolute atomic E-state index is 0.643. The molecule has 0 bridgehead atoms. The lowest BCUT2D eigenvalue weighted by molar-refractivity contribution is 0.147. The first kappa shape index (κ1) is 11.5. The van der Waals surface area contributed by atoms with E-state index >= 15 is 0 Å². The molecule has 1 fully saturated rings. The molecule has 0 saturated carbocycles. The molecule has 1 N–H and O–H groups in total. The number of rotatable bonds is 3. The van der Waals surface area contributed by atoms with Crippen LogP contribution in [0.15, 0.2) is 12.3 Å². The van der Waals surface area contributed by atoms with Gasteiger partial charge >= 0.3 is 0 Å². The van der Waals surface area contributed by atoms with Gasteiger partial charge in [-0.3, -0.25) is 4.90 Å². The summed E-state index contributed by atoms with van der Waals surface area (Å²) in [5.41, 5.74) is 1.13. The SMILES string of the molecule is CCC1CNCCN1Cc1ccnc(C)n1. The van der Waals surface area contributed by atoms with Gasteiger partial charge in [0.05, 0.1) is 5.69 Å². The molecule has 0 spiro atoms. The Balaban J connectivity index is 2.02. The van der Waals surface area contributed by atoms with Crippen molar-refractivity contribution in [3.05, 3.63) is 23.8 Å².